The number of aryl methyl sites for hydroxylation is 1. The largest absolute Gasteiger partial charge is 0.478 e. The molecule has 6 heteroatoms. The van der Waals surface area contributed by atoms with Crippen molar-refractivity contribution >= 4 is 31.7 Å². The van der Waals surface area contributed by atoms with Crippen LogP contribution >= 0.6 is 15.9 Å². The molecule has 0 aromatic heterocycles. The lowest BCUT2D eigenvalue weighted by Crippen LogP contribution is -2.08. The molecule has 2 rings (SSSR count). The highest BCUT2D eigenvalue weighted by molar-refractivity contribution is 9.10. The van der Waals surface area contributed by atoms with Crippen molar-refractivity contribution in [3.05, 3.63) is 63.6 Å². The number of halogens is 1. The van der Waals surface area contributed by atoms with Crippen molar-refractivity contribution in [1.82, 2.24) is 0 Å². The highest BCUT2D eigenvalue weighted by Gasteiger charge is 2.19. The molecule has 0 heterocycles. The number of benzene rings is 2. The van der Waals surface area contributed by atoms with Crippen LogP contribution in [0.3, 0.4) is 0 Å². The van der Waals surface area contributed by atoms with Gasteiger partial charge in [-0.2, -0.15) is 0 Å². The van der Waals surface area contributed by atoms with Crippen molar-refractivity contribution in [2.24, 2.45) is 0 Å². The third-order valence-corrected chi connectivity index (χ3v) is 5.63. The SMILES string of the molecule is Cc1ccccc1S(=O)(=O)Cc1ccc(C(=O)O)cc1Br. The molecule has 0 fully saturated rings. The van der Waals surface area contributed by atoms with Crippen molar-refractivity contribution in [2.75, 3.05) is 0 Å². The van der Waals surface area contributed by atoms with E-state index in [0.29, 0.717) is 20.5 Å². The van der Waals surface area contributed by atoms with E-state index in [4.69, 9.17) is 5.11 Å². The minimum Gasteiger partial charge on any atom is -0.478 e. The molecule has 0 unspecified atom stereocenters. The van der Waals surface area contributed by atoms with Crippen LogP contribution in [0.5, 0.6) is 0 Å². The van der Waals surface area contributed by atoms with Gasteiger partial charge in [0.25, 0.3) is 0 Å². The number of carbonyl (C=O) groups is 1. The van der Waals surface area contributed by atoms with Gasteiger partial charge < -0.3 is 5.11 Å². The minimum atomic E-state index is -3.48. The molecule has 1 N–H and O–H groups in total. The lowest BCUT2D eigenvalue weighted by molar-refractivity contribution is 0.0697. The van der Waals surface area contributed by atoms with Crippen LogP contribution in [0.15, 0.2) is 51.8 Å². The predicted molar refractivity (Wildman–Crippen MR) is 83.2 cm³/mol. The van der Waals surface area contributed by atoms with Gasteiger partial charge in [-0.3, -0.25) is 0 Å². The average Bonchev–Trinajstić information content (AvgIpc) is 2.41. The van der Waals surface area contributed by atoms with Crippen LogP contribution in [0, 0.1) is 6.92 Å². The van der Waals surface area contributed by atoms with E-state index in [9.17, 15) is 13.2 Å². The van der Waals surface area contributed by atoms with Crippen LogP contribution in [-0.2, 0) is 15.6 Å². The van der Waals surface area contributed by atoms with Crippen molar-refractivity contribution in [3.63, 3.8) is 0 Å². The summed E-state index contributed by atoms with van der Waals surface area (Å²) < 4.78 is 25.4. The zero-order valence-electron chi connectivity index (χ0n) is 11.2. The van der Waals surface area contributed by atoms with Gasteiger partial charge in [0.15, 0.2) is 9.84 Å². The van der Waals surface area contributed by atoms with Gasteiger partial charge in [0.05, 0.1) is 16.2 Å². The normalized spacial score (nSPS) is 11.3. The molecule has 0 spiro atoms. The molecular weight excluding hydrogens is 356 g/mol. The fourth-order valence-corrected chi connectivity index (χ4v) is 4.35. The van der Waals surface area contributed by atoms with Crippen molar-refractivity contribution in [1.29, 1.82) is 0 Å². The Balaban J connectivity index is 2.38. The van der Waals surface area contributed by atoms with Gasteiger partial charge in [0.1, 0.15) is 0 Å². The molecule has 21 heavy (non-hydrogen) atoms. The van der Waals surface area contributed by atoms with Gasteiger partial charge in [-0.15, -0.1) is 0 Å². The fourth-order valence-electron chi connectivity index (χ4n) is 1.99. The highest BCUT2D eigenvalue weighted by Crippen LogP contribution is 2.25. The Hall–Kier alpha value is -1.66. The Bertz CT molecular complexity index is 797. The van der Waals surface area contributed by atoms with Gasteiger partial charge >= 0.3 is 5.97 Å². The second-order valence-electron chi connectivity index (χ2n) is 4.64. The van der Waals surface area contributed by atoms with E-state index < -0.39 is 15.8 Å². The summed E-state index contributed by atoms with van der Waals surface area (Å²) in [5.41, 5.74) is 1.33. The Labute approximate surface area is 131 Å². The number of carboxylic acids is 1. The lowest BCUT2D eigenvalue weighted by Gasteiger charge is -2.09. The summed E-state index contributed by atoms with van der Waals surface area (Å²) in [5.74, 6) is -1.23. The second-order valence-corrected chi connectivity index (χ2v) is 7.45. The van der Waals surface area contributed by atoms with Crippen LogP contribution in [0.4, 0.5) is 0 Å². The number of hydrogen-bond donors (Lipinski definition) is 1. The zero-order chi connectivity index (χ0) is 15.6. The molecule has 0 atom stereocenters. The summed E-state index contributed by atoms with van der Waals surface area (Å²) >= 11 is 3.23. The summed E-state index contributed by atoms with van der Waals surface area (Å²) in [6.07, 6.45) is 0. The molecule has 0 saturated heterocycles. The van der Waals surface area contributed by atoms with Crippen molar-refractivity contribution in [3.8, 4) is 0 Å². The maximum Gasteiger partial charge on any atom is 0.335 e. The molecule has 0 aliphatic carbocycles. The molecule has 2 aromatic rings. The van der Waals surface area contributed by atoms with Gasteiger partial charge in [0, 0.05) is 4.47 Å². The molecule has 2 aromatic carbocycles. The molecular formula is C15H13BrO4S. The van der Waals surface area contributed by atoms with Gasteiger partial charge in [-0.1, -0.05) is 40.2 Å². The number of aromatic carboxylic acids is 1. The van der Waals surface area contributed by atoms with Gasteiger partial charge in [-0.05, 0) is 36.2 Å². The molecule has 0 aliphatic rings. The van der Waals surface area contributed by atoms with Crippen molar-refractivity contribution in [2.45, 2.75) is 17.6 Å². The number of sulfone groups is 1. The maximum atomic E-state index is 12.5. The van der Waals surface area contributed by atoms with Crippen molar-refractivity contribution < 1.29 is 18.3 Å². The first-order valence-corrected chi connectivity index (χ1v) is 8.56. The minimum absolute atomic E-state index is 0.110. The smallest absolute Gasteiger partial charge is 0.335 e. The number of carboxylic acid groups (broad SMARTS) is 1. The summed E-state index contributed by atoms with van der Waals surface area (Å²) in [5, 5.41) is 8.91. The topological polar surface area (TPSA) is 71.4 Å². The van der Waals surface area contributed by atoms with Crippen LogP contribution in [0.2, 0.25) is 0 Å². The van der Waals surface area contributed by atoms with Gasteiger partial charge in [-0.25, -0.2) is 13.2 Å². The van der Waals surface area contributed by atoms with E-state index in [1.807, 2.05) is 0 Å². The molecule has 0 amide bonds. The quantitative estimate of drug-likeness (QED) is 0.896. The third-order valence-electron chi connectivity index (χ3n) is 3.07. The Morgan fingerprint density at radius 2 is 1.86 bits per heavy atom. The average molecular weight is 369 g/mol. The molecule has 110 valence electrons. The van der Waals surface area contributed by atoms with Crippen LogP contribution in [0.25, 0.3) is 0 Å². The molecule has 0 aliphatic heterocycles. The van der Waals surface area contributed by atoms with E-state index in [-0.39, 0.29) is 11.3 Å². The molecule has 0 saturated carbocycles. The van der Waals surface area contributed by atoms with Crippen LogP contribution < -0.4 is 0 Å². The van der Waals surface area contributed by atoms with Crippen LogP contribution in [-0.4, -0.2) is 19.5 Å². The first-order valence-electron chi connectivity index (χ1n) is 6.11. The summed E-state index contributed by atoms with van der Waals surface area (Å²) in [6.45, 7) is 1.75. The highest BCUT2D eigenvalue weighted by atomic mass is 79.9. The second kappa shape index (κ2) is 5.99. The molecule has 0 radical (unpaired) electrons. The molecule has 0 bridgehead atoms. The Morgan fingerprint density at radius 1 is 1.19 bits per heavy atom. The van der Waals surface area contributed by atoms with Gasteiger partial charge in [0.2, 0.25) is 0 Å². The third kappa shape index (κ3) is 3.51. The first kappa shape index (κ1) is 15.7. The van der Waals surface area contributed by atoms with E-state index in [1.165, 1.54) is 18.2 Å². The Morgan fingerprint density at radius 3 is 2.43 bits per heavy atom. The van der Waals surface area contributed by atoms with Crippen LogP contribution in [0.1, 0.15) is 21.5 Å². The molecule has 4 nitrogen and oxygen atoms in total. The standard InChI is InChI=1S/C15H13BrO4S/c1-10-4-2-3-5-14(10)21(19,20)9-12-7-6-11(15(17)18)8-13(12)16/h2-8H,9H2,1H3,(H,17,18). The zero-order valence-corrected chi connectivity index (χ0v) is 13.6. The fraction of sp³-hybridized carbons (Fsp3) is 0.133. The maximum absolute atomic E-state index is 12.5. The number of hydrogen-bond acceptors (Lipinski definition) is 3. The van der Waals surface area contributed by atoms with E-state index >= 15 is 0 Å². The summed E-state index contributed by atoms with van der Waals surface area (Å²) in [7, 11) is -3.48. The number of rotatable bonds is 4. The monoisotopic (exact) mass is 368 g/mol. The first-order chi connectivity index (χ1) is 9.81. The Kier molecular flexibility index (Phi) is 4.49. The van der Waals surface area contributed by atoms with E-state index in [0.717, 1.165) is 0 Å². The van der Waals surface area contributed by atoms with E-state index in [1.54, 1.807) is 31.2 Å². The summed E-state index contributed by atoms with van der Waals surface area (Å²) in [6, 6.07) is 11.1. The summed E-state index contributed by atoms with van der Waals surface area (Å²) in [4.78, 5) is 11.2. The lowest BCUT2D eigenvalue weighted by atomic mass is 10.1. The predicted octanol–water partition coefficient (Wildman–Crippen LogP) is 3.43. The van der Waals surface area contributed by atoms with E-state index in [2.05, 4.69) is 15.9 Å².